The van der Waals surface area contributed by atoms with Crippen molar-refractivity contribution in [1.29, 1.82) is 0 Å². The van der Waals surface area contributed by atoms with Crippen LogP contribution in [0.25, 0.3) is 33.8 Å². The molecule has 7 heteroatoms. The Morgan fingerprint density at radius 1 is 1.12 bits per heavy atom. The van der Waals surface area contributed by atoms with Crippen LogP contribution in [0.3, 0.4) is 0 Å². The minimum Gasteiger partial charge on any atom is -0.504 e. The first-order chi connectivity index (χ1) is 11.6. The molecule has 0 radical (unpaired) electrons. The number of rotatable bonds is 3. The van der Waals surface area contributed by atoms with Crippen molar-refractivity contribution in [3.8, 4) is 28.5 Å². The lowest BCUT2D eigenvalue weighted by Crippen LogP contribution is -2.10. The molecule has 0 aliphatic carbocycles. The minimum atomic E-state index is -0.510. The summed E-state index contributed by atoms with van der Waals surface area (Å²) in [6, 6.07) is 14.3. The summed E-state index contributed by atoms with van der Waals surface area (Å²) in [6.45, 7) is 0. The number of nitrogens with two attached hydrogens (primary N) is 1. The van der Waals surface area contributed by atoms with Gasteiger partial charge in [-0.05, 0) is 18.2 Å². The summed E-state index contributed by atoms with van der Waals surface area (Å²) in [6.07, 6.45) is 0. The predicted octanol–water partition coefficient (Wildman–Crippen LogP) is 2.42. The smallest absolute Gasteiger partial charge is 0.248 e. The molecule has 0 aliphatic rings. The summed E-state index contributed by atoms with van der Waals surface area (Å²) in [7, 11) is 0. The van der Waals surface area contributed by atoms with E-state index in [9.17, 15) is 9.90 Å². The van der Waals surface area contributed by atoms with Crippen molar-refractivity contribution >= 4 is 16.9 Å². The number of imidazole rings is 1. The van der Waals surface area contributed by atoms with Gasteiger partial charge in [0, 0.05) is 11.1 Å². The third kappa shape index (κ3) is 2.19. The lowest BCUT2D eigenvalue weighted by atomic mass is 10.1. The number of nitrogens with zero attached hydrogens (tertiary/aromatic N) is 2. The maximum Gasteiger partial charge on any atom is 0.248 e. The Bertz CT molecular complexity index is 1050. The number of aromatic nitrogens is 4. The van der Waals surface area contributed by atoms with Gasteiger partial charge in [-0.15, -0.1) is 0 Å². The van der Waals surface area contributed by atoms with Crippen LogP contribution in [0.5, 0.6) is 5.75 Å². The summed E-state index contributed by atoms with van der Waals surface area (Å²) in [5, 5.41) is 17.4. The van der Waals surface area contributed by atoms with E-state index in [2.05, 4.69) is 20.2 Å². The number of carbonyl (C=O) groups excluding carboxylic acids is 1. The van der Waals surface area contributed by atoms with E-state index < -0.39 is 5.91 Å². The molecule has 0 fully saturated rings. The molecule has 0 atom stereocenters. The van der Waals surface area contributed by atoms with Gasteiger partial charge in [-0.1, -0.05) is 30.3 Å². The minimum absolute atomic E-state index is 0.00961. The van der Waals surface area contributed by atoms with Crippen molar-refractivity contribution in [1.82, 2.24) is 20.2 Å². The van der Waals surface area contributed by atoms with Crippen LogP contribution >= 0.6 is 0 Å². The number of benzene rings is 2. The monoisotopic (exact) mass is 319 g/mol. The van der Waals surface area contributed by atoms with Gasteiger partial charge in [0.25, 0.3) is 0 Å². The maximum atomic E-state index is 11.3. The molecule has 24 heavy (non-hydrogen) atoms. The summed E-state index contributed by atoms with van der Waals surface area (Å²) in [5.74, 6) is -0.0713. The van der Waals surface area contributed by atoms with Gasteiger partial charge in [0.2, 0.25) is 5.91 Å². The number of fused-ring (bicyclic) bond motifs is 1. The lowest BCUT2D eigenvalue weighted by molar-refractivity contribution is 0.100. The fourth-order valence-corrected chi connectivity index (χ4v) is 2.58. The van der Waals surface area contributed by atoms with Crippen LogP contribution in [-0.4, -0.2) is 31.2 Å². The maximum absolute atomic E-state index is 11.3. The number of H-pyrrole nitrogens is 2. The fourth-order valence-electron chi connectivity index (χ4n) is 2.58. The molecule has 1 amide bonds. The van der Waals surface area contributed by atoms with Gasteiger partial charge in [-0.25, -0.2) is 4.98 Å². The molecule has 2 aromatic heterocycles. The third-order valence-electron chi connectivity index (χ3n) is 3.79. The van der Waals surface area contributed by atoms with Gasteiger partial charge in [0.05, 0.1) is 11.0 Å². The van der Waals surface area contributed by atoms with Gasteiger partial charge in [0.15, 0.2) is 11.6 Å². The Morgan fingerprint density at radius 3 is 2.67 bits per heavy atom. The van der Waals surface area contributed by atoms with Crippen molar-refractivity contribution in [3.63, 3.8) is 0 Å². The molecular formula is C17H13N5O2. The molecule has 0 saturated carbocycles. The Kier molecular flexibility index (Phi) is 3.06. The van der Waals surface area contributed by atoms with Crippen molar-refractivity contribution < 1.29 is 9.90 Å². The number of primary amides is 1. The third-order valence-corrected chi connectivity index (χ3v) is 3.79. The molecule has 0 bridgehead atoms. The van der Waals surface area contributed by atoms with E-state index in [0.717, 1.165) is 5.56 Å². The van der Waals surface area contributed by atoms with E-state index in [-0.39, 0.29) is 5.75 Å². The zero-order chi connectivity index (χ0) is 16.7. The molecule has 4 rings (SSSR count). The Morgan fingerprint density at radius 2 is 1.92 bits per heavy atom. The number of aromatic amines is 2. The largest absolute Gasteiger partial charge is 0.504 e. The van der Waals surface area contributed by atoms with Crippen molar-refractivity contribution in [2.75, 3.05) is 0 Å². The van der Waals surface area contributed by atoms with Crippen molar-refractivity contribution in [2.24, 2.45) is 5.73 Å². The lowest BCUT2D eigenvalue weighted by Gasteiger charge is -1.97. The van der Waals surface area contributed by atoms with Crippen LogP contribution in [0.4, 0.5) is 0 Å². The highest BCUT2D eigenvalue weighted by molar-refractivity contribution is 5.96. The molecule has 7 nitrogen and oxygen atoms in total. The molecule has 0 unspecified atom stereocenters. The quantitative estimate of drug-likeness (QED) is 0.463. The van der Waals surface area contributed by atoms with Crippen molar-refractivity contribution in [2.45, 2.75) is 0 Å². The average Bonchev–Trinajstić information content (AvgIpc) is 3.17. The van der Waals surface area contributed by atoms with Gasteiger partial charge >= 0.3 is 0 Å². The molecule has 0 aliphatic heterocycles. The highest BCUT2D eigenvalue weighted by atomic mass is 16.3. The number of hydrogen-bond acceptors (Lipinski definition) is 4. The van der Waals surface area contributed by atoms with Crippen molar-refractivity contribution in [3.05, 3.63) is 54.1 Å². The van der Waals surface area contributed by atoms with Crippen LogP contribution in [0, 0.1) is 0 Å². The first-order valence-corrected chi connectivity index (χ1v) is 7.26. The highest BCUT2D eigenvalue weighted by Gasteiger charge is 2.18. The summed E-state index contributed by atoms with van der Waals surface area (Å²) < 4.78 is 0. The molecule has 2 heterocycles. The van der Waals surface area contributed by atoms with Crippen LogP contribution in [0.1, 0.15) is 10.4 Å². The number of hydrogen-bond donors (Lipinski definition) is 4. The number of carbonyl (C=O) groups is 1. The van der Waals surface area contributed by atoms with E-state index in [4.69, 9.17) is 5.73 Å². The first kappa shape index (κ1) is 14.0. The summed E-state index contributed by atoms with van der Waals surface area (Å²) in [4.78, 5) is 18.7. The molecule has 2 aromatic carbocycles. The topological polar surface area (TPSA) is 121 Å². The van der Waals surface area contributed by atoms with E-state index in [0.29, 0.717) is 33.8 Å². The summed E-state index contributed by atoms with van der Waals surface area (Å²) in [5.41, 5.74) is 8.60. The second kappa shape index (κ2) is 5.24. The highest BCUT2D eigenvalue weighted by Crippen LogP contribution is 2.35. The second-order valence-electron chi connectivity index (χ2n) is 5.34. The number of amides is 1. The Hall–Kier alpha value is -3.61. The van der Waals surface area contributed by atoms with Crippen LogP contribution in [0.2, 0.25) is 0 Å². The Balaban J connectivity index is 1.81. The van der Waals surface area contributed by atoms with E-state index in [1.165, 1.54) is 0 Å². The van der Waals surface area contributed by atoms with Crippen LogP contribution in [0.15, 0.2) is 48.5 Å². The number of aromatic hydroxyl groups is 1. The zero-order valence-corrected chi connectivity index (χ0v) is 12.4. The Labute approximate surface area is 136 Å². The zero-order valence-electron chi connectivity index (χ0n) is 12.4. The van der Waals surface area contributed by atoms with E-state index in [1.807, 2.05) is 30.3 Å². The van der Waals surface area contributed by atoms with Crippen LogP contribution < -0.4 is 5.73 Å². The SMILES string of the molecule is NC(=O)c1ccc2nc(-c3[nH]nc(-c4ccccc4)c3O)[nH]c2c1. The molecular weight excluding hydrogens is 306 g/mol. The second-order valence-corrected chi connectivity index (χ2v) is 5.34. The van der Waals surface area contributed by atoms with E-state index in [1.54, 1.807) is 18.2 Å². The molecule has 0 saturated heterocycles. The molecule has 5 N–H and O–H groups in total. The van der Waals surface area contributed by atoms with Crippen LogP contribution in [-0.2, 0) is 0 Å². The average molecular weight is 319 g/mol. The fraction of sp³-hybridized carbons (Fsp3) is 0. The van der Waals surface area contributed by atoms with Gasteiger partial charge in [0.1, 0.15) is 11.4 Å². The van der Waals surface area contributed by atoms with E-state index >= 15 is 0 Å². The number of nitrogens with one attached hydrogen (secondary N) is 2. The first-order valence-electron chi connectivity index (χ1n) is 7.26. The standard InChI is InChI=1S/C17H13N5O2/c18-16(24)10-6-7-11-12(8-10)20-17(19-11)14-15(23)13(21-22-14)9-4-2-1-3-5-9/h1-8,23H,(H2,18,24)(H,19,20)(H,21,22). The van der Waals surface area contributed by atoms with Gasteiger partial charge in [-0.3, -0.25) is 9.89 Å². The predicted molar refractivity (Wildman–Crippen MR) is 89.3 cm³/mol. The molecule has 4 aromatic rings. The molecule has 0 spiro atoms. The molecule has 118 valence electrons. The summed E-state index contributed by atoms with van der Waals surface area (Å²) >= 11 is 0. The normalized spacial score (nSPS) is 11.0. The van der Waals surface area contributed by atoms with Gasteiger partial charge in [-0.2, -0.15) is 5.10 Å². The van der Waals surface area contributed by atoms with Gasteiger partial charge < -0.3 is 15.8 Å².